The minimum atomic E-state index is -1.11. The largest absolute Gasteiger partial charge is 0.460 e. The molecule has 0 radical (unpaired) electrons. The molecule has 4 aliphatic rings. The molecular formula is C51H74N2O8S. The van der Waals surface area contributed by atoms with Gasteiger partial charge in [-0.3, -0.25) is 0 Å². The number of nitrogens with one attached hydrogen (secondary N) is 1. The fraction of sp³-hybridized carbons (Fsp3) is 0.647. The van der Waals surface area contributed by atoms with Crippen molar-refractivity contribution >= 4 is 23.6 Å². The zero-order chi connectivity index (χ0) is 43.4. The highest BCUT2D eigenvalue weighted by Gasteiger charge is 2.64. The predicted octanol–water partition coefficient (Wildman–Crippen LogP) is 11.6. The Labute approximate surface area is 375 Å². The minimum absolute atomic E-state index is 0.116. The van der Waals surface area contributed by atoms with Crippen LogP contribution in [0.25, 0.3) is 0 Å². The normalized spacial score (nSPS) is 25.9. The highest BCUT2D eigenvalue weighted by Crippen LogP contribution is 2.63. The third-order valence-electron chi connectivity index (χ3n) is 13.1. The lowest BCUT2D eigenvalue weighted by molar-refractivity contribution is -0.223. The number of aliphatic hydroxyl groups is 2. The highest BCUT2D eigenvalue weighted by molar-refractivity contribution is 8.00. The smallest absolute Gasteiger partial charge is 0.412 e. The summed E-state index contributed by atoms with van der Waals surface area (Å²) in [6.45, 7) is 8.09. The van der Waals surface area contributed by atoms with E-state index in [1.54, 1.807) is 17.8 Å². The summed E-state index contributed by atoms with van der Waals surface area (Å²) >= 11 is 1.73. The summed E-state index contributed by atoms with van der Waals surface area (Å²) < 4.78 is 26.4. The van der Waals surface area contributed by atoms with Crippen molar-refractivity contribution in [2.45, 2.75) is 163 Å². The van der Waals surface area contributed by atoms with Crippen LogP contribution < -0.4 is 14.8 Å². The van der Waals surface area contributed by atoms with Crippen molar-refractivity contribution in [1.82, 2.24) is 5.32 Å². The molecule has 7 atom stereocenters. The van der Waals surface area contributed by atoms with Crippen molar-refractivity contribution in [2.75, 3.05) is 33.0 Å². The molecule has 7 unspecified atom stereocenters. The molecule has 2 aromatic carbocycles. The Morgan fingerprint density at radius 1 is 0.935 bits per heavy atom. The number of amides is 1. The fourth-order valence-corrected chi connectivity index (χ4v) is 11.3. The Bertz CT molecular complexity index is 1720. The molecule has 0 aromatic heterocycles. The molecule has 1 amide bonds. The average Bonchev–Trinajstić information content (AvgIpc) is 3.29. The van der Waals surface area contributed by atoms with Gasteiger partial charge in [0.05, 0.1) is 30.1 Å². The Hall–Kier alpha value is -3.35. The number of oxime groups is 1. The van der Waals surface area contributed by atoms with Gasteiger partial charge in [-0.15, -0.1) is 18.3 Å². The van der Waals surface area contributed by atoms with Crippen molar-refractivity contribution < 1.29 is 38.8 Å². The van der Waals surface area contributed by atoms with E-state index in [0.717, 1.165) is 79.5 Å². The van der Waals surface area contributed by atoms with Crippen molar-refractivity contribution in [1.29, 1.82) is 0 Å². The number of nitrogens with zero attached hydrogens (tertiary/aromatic N) is 1. The number of benzene rings is 2. The Morgan fingerprint density at radius 2 is 1.68 bits per heavy atom. The minimum Gasteiger partial charge on any atom is -0.460 e. The summed E-state index contributed by atoms with van der Waals surface area (Å²) in [6.07, 6.45) is 23.9. The Kier molecular flexibility index (Phi) is 20.0. The second kappa shape index (κ2) is 25.8. The summed E-state index contributed by atoms with van der Waals surface area (Å²) in [5.74, 6) is -0.0771. The van der Waals surface area contributed by atoms with Crippen LogP contribution in [0.3, 0.4) is 0 Å². The molecule has 2 aliphatic heterocycles. The van der Waals surface area contributed by atoms with Gasteiger partial charge in [0.25, 0.3) is 0 Å². The molecule has 1 saturated carbocycles. The quantitative estimate of drug-likeness (QED) is 0.0456. The van der Waals surface area contributed by atoms with Gasteiger partial charge in [0.15, 0.2) is 0 Å². The number of rotatable bonds is 27. The van der Waals surface area contributed by atoms with Crippen LogP contribution in [-0.4, -0.2) is 72.3 Å². The standard InChI is InChI=1S/C51H74N2O8S/c1-3-5-6-7-8-9-10-11-12-19-30-52-50(56)59-39-28-29-45-43(36-39)48-41(26-17-21-32-55)38(23-16-20-31-54)35-42-44(53-61-47-27-18-22-34-57-47)37-46(62-40-24-14-13-15-25-40)51(60-45,49(42)48)58-33-4-2/h4,13-15,24-25,28-29,35-36,38,41,46-49,54-55H,2-3,5-12,16-23,26-27,30-34,37H2,1H3,(H,52,56). The van der Waals surface area contributed by atoms with Crippen LogP contribution in [0.4, 0.5) is 4.79 Å². The lowest BCUT2D eigenvalue weighted by Crippen LogP contribution is -2.64. The molecule has 0 bridgehead atoms. The first-order valence-corrected chi connectivity index (χ1v) is 24.9. The molecule has 2 aromatic rings. The van der Waals surface area contributed by atoms with Gasteiger partial charge >= 0.3 is 6.09 Å². The lowest BCUT2D eigenvalue weighted by atomic mass is 9.56. The maximum Gasteiger partial charge on any atom is 0.412 e. The van der Waals surface area contributed by atoms with E-state index in [0.29, 0.717) is 43.9 Å². The molecule has 2 heterocycles. The summed E-state index contributed by atoms with van der Waals surface area (Å²) in [5.41, 5.74) is 2.89. The first kappa shape index (κ1) is 48.1. The lowest BCUT2D eigenvalue weighted by Gasteiger charge is -2.58. The maximum absolute atomic E-state index is 13.3. The van der Waals surface area contributed by atoms with Gasteiger partial charge in [-0.05, 0) is 92.7 Å². The van der Waals surface area contributed by atoms with Gasteiger partial charge in [0, 0.05) is 49.0 Å². The van der Waals surface area contributed by atoms with E-state index >= 15 is 0 Å². The van der Waals surface area contributed by atoms with E-state index in [9.17, 15) is 15.0 Å². The summed E-state index contributed by atoms with van der Waals surface area (Å²) in [4.78, 5) is 20.6. The van der Waals surface area contributed by atoms with E-state index in [1.807, 2.05) is 24.3 Å². The van der Waals surface area contributed by atoms with E-state index < -0.39 is 18.2 Å². The van der Waals surface area contributed by atoms with Gasteiger partial charge in [-0.25, -0.2) is 4.79 Å². The van der Waals surface area contributed by atoms with Crippen LogP contribution in [0, 0.1) is 17.8 Å². The molecule has 3 N–H and O–H groups in total. The average molecular weight is 875 g/mol. The number of unbranched alkanes of at least 4 members (excludes halogenated alkanes) is 11. The SMILES string of the molecule is C=CCOC12Oc3ccc(OC(=O)NCCCCCCCCCCCC)cc3C3C(CCCCO)C(CCCCO)C=C(C(=NOC4CCCCO4)CC1Sc1ccccc1)C32. The van der Waals surface area contributed by atoms with Crippen LogP contribution in [0.1, 0.15) is 147 Å². The Morgan fingerprint density at radius 3 is 2.39 bits per heavy atom. The van der Waals surface area contributed by atoms with Gasteiger partial charge in [-0.1, -0.05) is 113 Å². The van der Waals surface area contributed by atoms with Gasteiger partial charge in [0.1, 0.15) is 11.5 Å². The second-order valence-electron chi connectivity index (χ2n) is 17.6. The zero-order valence-corrected chi connectivity index (χ0v) is 38.1. The number of hydrogen-bond acceptors (Lipinski definition) is 10. The predicted molar refractivity (Wildman–Crippen MR) is 248 cm³/mol. The first-order chi connectivity index (χ1) is 30.5. The number of carbonyl (C=O) groups is 1. The van der Waals surface area contributed by atoms with Crippen LogP contribution in [0.15, 0.2) is 82.9 Å². The molecule has 2 fully saturated rings. The van der Waals surface area contributed by atoms with Crippen molar-refractivity contribution in [3.63, 3.8) is 0 Å². The fourth-order valence-electron chi connectivity index (χ4n) is 10.0. The molecule has 342 valence electrons. The maximum atomic E-state index is 13.3. The van der Waals surface area contributed by atoms with E-state index in [4.69, 9.17) is 28.9 Å². The van der Waals surface area contributed by atoms with Crippen molar-refractivity contribution in [2.24, 2.45) is 22.9 Å². The number of fused-ring (bicyclic) bond motifs is 2. The molecule has 0 spiro atoms. The number of ether oxygens (including phenoxy) is 4. The number of thioether (sulfide) groups is 1. The Balaban J connectivity index is 1.32. The third-order valence-corrected chi connectivity index (χ3v) is 14.4. The topological polar surface area (TPSA) is 128 Å². The van der Waals surface area contributed by atoms with Crippen molar-refractivity contribution in [3.8, 4) is 11.5 Å². The van der Waals surface area contributed by atoms with Crippen LogP contribution in [0.2, 0.25) is 0 Å². The number of hydrogen-bond donors (Lipinski definition) is 3. The molecule has 10 nitrogen and oxygen atoms in total. The van der Waals surface area contributed by atoms with Gasteiger partial charge in [-0.2, -0.15) is 0 Å². The molecule has 2 aliphatic carbocycles. The van der Waals surface area contributed by atoms with Gasteiger partial charge < -0.3 is 39.3 Å². The second-order valence-corrected chi connectivity index (χ2v) is 18.9. The van der Waals surface area contributed by atoms with Crippen LogP contribution in [0.5, 0.6) is 11.5 Å². The first-order valence-electron chi connectivity index (χ1n) is 24.0. The molecule has 62 heavy (non-hydrogen) atoms. The third kappa shape index (κ3) is 13.1. The van der Waals surface area contributed by atoms with Crippen molar-refractivity contribution in [3.05, 3.63) is 78.4 Å². The molecule has 11 heteroatoms. The number of aliphatic hydroxyl groups excluding tert-OH is 2. The molecule has 6 rings (SSSR count). The molecule has 1 saturated heterocycles. The van der Waals surface area contributed by atoms with Gasteiger partial charge in [0.2, 0.25) is 12.1 Å². The number of carbonyl (C=O) groups excluding carboxylic acids is 1. The monoisotopic (exact) mass is 875 g/mol. The highest BCUT2D eigenvalue weighted by atomic mass is 32.2. The van der Waals surface area contributed by atoms with Crippen LogP contribution >= 0.6 is 11.8 Å². The van der Waals surface area contributed by atoms with E-state index in [1.165, 1.54) is 51.4 Å². The summed E-state index contributed by atoms with van der Waals surface area (Å²) in [7, 11) is 0. The summed E-state index contributed by atoms with van der Waals surface area (Å²) in [5, 5.41) is 27.6. The van der Waals surface area contributed by atoms with E-state index in [-0.39, 0.29) is 48.7 Å². The summed E-state index contributed by atoms with van der Waals surface area (Å²) in [6, 6.07) is 16.1. The zero-order valence-electron chi connectivity index (χ0n) is 37.3. The molecular weight excluding hydrogens is 801 g/mol. The number of allylic oxidation sites excluding steroid dienone is 1. The van der Waals surface area contributed by atoms with E-state index in [2.05, 4.69) is 49.2 Å². The van der Waals surface area contributed by atoms with Crippen LogP contribution in [-0.2, 0) is 14.3 Å².